The number of hydrogen-bond acceptors (Lipinski definition) is 3. The fraction of sp³-hybridized carbons (Fsp3) is 0.467. The van der Waals surface area contributed by atoms with Crippen LogP contribution in [-0.2, 0) is 12.1 Å². The third-order valence-electron chi connectivity index (χ3n) is 3.26. The van der Waals surface area contributed by atoms with Crippen molar-refractivity contribution in [1.82, 2.24) is 20.3 Å². The molecular formula is C15H20F2N4. The molecule has 2 aromatic rings. The molecule has 0 bridgehead atoms. The summed E-state index contributed by atoms with van der Waals surface area (Å²) in [6.07, 6.45) is 1.88. The highest BCUT2D eigenvalue weighted by molar-refractivity contribution is 5.20. The van der Waals surface area contributed by atoms with Crippen LogP contribution in [0.1, 0.15) is 45.0 Å². The van der Waals surface area contributed by atoms with Crippen LogP contribution in [0.2, 0.25) is 0 Å². The maximum atomic E-state index is 13.2. The van der Waals surface area contributed by atoms with Gasteiger partial charge in [0.05, 0.1) is 17.4 Å². The van der Waals surface area contributed by atoms with Gasteiger partial charge in [0.2, 0.25) is 0 Å². The van der Waals surface area contributed by atoms with E-state index in [-0.39, 0.29) is 11.6 Å². The smallest absolute Gasteiger partial charge is 0.159 e. The molecule has 2 rings (SSSR count). The molecule has 0 saturated heterocycles. The van der Waals surface area contributed by atoms with Crippen molar-refractivity contribution in [2.75, 3.05) is 0 Å². The largest absolute Gasteiger partial charge is 0.304 e. The second-order valence-corrected chi connectivity index (χ2v) is 6.10. The highest BCUT2D eigenvalue weighted by Crippen LogP contribution is 2.17. The average Bonchev–Trinajstić information content (AvgIpc) is 2.88. The summed E-state index contributed by atoms with van der Waals surface area (Å²) < 4.78 is 27.9. The van der Waals surface area contributed by atoms with Gasteiger partial charge in [0.25, 0.3) is 0 Å². The summed E-state index contributed by atoms with van der Waals surface area (Å²) in [6, 6.07) is 3.81. The van der Waals surface area contributed by atoms with Gasteiger partial charge < -0.3 is 5.32 Å². The Balaban J connectivity index is 1.99. The Kier molecular flexibility index (Phi) is 4.37. The van der Waals surface area contributed by atoms with Crippen LogP contribution in [0, 0.1) is 11.6 Å². The van der Waals surface area contributed by atoms with Gasteiger partial charge in [-0.05, 0) is 45.4 Å². The van der Waals surface area contributed by atoms with E-state index in [1.54, 1.807) is 10.7 Å². The monoisotopic (exact) mass is 294 g/mol. The van der Waals surface area contributed by atoms with Crippen LogP contribution in [0.15, 0.2) is 24.4 Å². The molecule has 0 radical (unpaired) electrons. The van der Waals surface area contributed by atoms with E-state index < -0.39 is 11.6 Å². The fourth-order valence-corrected chi connectivity index (χ4v) is 1.86. The lowest BCUT2D eigenvalue weighted by atomic mass is 10.1. The maximum Gasteiger partial charge on any atom is 0.159 e. The van der Waals surface area contributed by atoms with Gasteiger partial charge in [0.1, 0.15) is 0 Å². The minimum Gasteiger partial charge on any atom is -0.304 e. The van der Waals surface area contributed by atoms with Crippen LogP contribution in [0.25, 0.3) is 0 Å². The van der Waals surface area contributed by atoms with Crippen molar-refractivity contribution >= 4 is 0 Å². The van der Waals surface area contributed by atoms with Gasteiger partial charge >= 0.3 is 0 Å². The standard InChI is InChI=1S/C15H20F2N4/c1-10(11-5-6-13(16)14(17)7-11)18-8-12-9-21(20-19-12)15(2,3)4/h5-7,9-10,18H,8H2,1-4H3. The predicted octanol–water partition coefficient (Wildman–Crippen LogP) is 3.16. The minimum absolute atomic E-state index is 0.111. The van der Waals surface area contributed by atoms with Crippen LogP contribution in [0.3, 0.4) is 0 Å². The predicted molar refractivity (Wildman–Crippen MR) is 76.6 cm³/mol. The van der Waals surface area contributed by atoms with Crippen LogP contribution in [0.4, 0.5) is 8.78 Å². The minimum atomic E-state index is -0.834. The molecule has 0 amide bonds. The lowest BCUT2D eigenvalue weighted by Crippen LogP contribution is -2.22. The molecule has 1 unspecified atom stereocenters. The summed E-state index contributed by atoms with van der Waals surface area (Å²) in [6.45, 7) is 8.53. The van der Waals surface area contributed by atoms with Crippen LogP contribution in [-0.4, -0.2) is 15.0 Å². The first kappa shape index (κ1) is 15.6. The fourth-order valence-electron chi connectivity index (χ4n) is 1.86. The zero-order chi connectivity index (χ0) is 15.6. The summed E-state index contributed by atoms with van der Waals surface area (Å²) in [4.78, 5) is 0. The first-order valence-corrected chi connectivity index (χ1v) is 6.87. The molecule has 0 aliphatic carbocycles. The number of hydrogen-bond donors (Lipinski definition) is 1. The third-order valence-corrected chi connectivity index (χ3v) is 3.26. The van der Waals surface area contributed by atoms with Crippen molar-refractivity contribution in [2.45, 2.75) is 45.8 Å². The van der Waals surface area contributed by atoms with E-state index in [1.807, 2.05) is 33.9 Å². The van der Waals surface area contributed by atoms with E-state index in [0.717, 1.165) is 11.8 Å². The molecule has 0 aliphatic heterocycles. The van der Waals surface area contributed by atoms with Crippen molar-refractivity contribution in [2.24, 2.45) is 0 Å². The zero-order valence-electron chi connectivity index (χ0n) is 12.7. The molecule has 0 spiro atoms. The quantitative estimate of drug-likeness (QED) is 0.942. The Hall–Kier alpha value is -1.82. The van der Waals surface area contributed by atoms with Crippen LogP contribution < -0.4 is 5.32 Å². The van der Waals surface area contributed by atoms with Crippen molar-refractivity contribution < 1.29 is 8.78 Å². The van der Waals surface area contributed by atoms with Crippen molar-refractivity contribution in [3.63, 3.8) is 0 Å². The van der Waals surface area contributed by atoms with Crippen molar-refractivity contribution in [3.05, 3.63) is 47.3 Å². The highest BCUT2D eigenvalue weighted by Gasteiger charge is 2.15. The second-order valence-electron chi connectivity index (χ2n) is 6.10. The molecule has 1 heterocycles. The number of halogens is 2. The number of benzene rings is 1. The van der Waals surface area contributed by atoms with E-state index >= 15 is 0 Å². The topological polar surface area (TPSA) is 42.7 Å². The Morgan fingerprint density at radius 2 is 1.95 bits per heavy atom. The van der Waals surface area contributed by atoms with E-state index in [2.05, 4.69) is 15.6 Å². The highest BCUT2D eigenvalue weighted by atomic mass is 19.2. The van der Waals surface area contributed by atoms with E-state index in [1.165, 1.54) is 6.07 Å². The van der Waals surface area contributed by atoms with Crippen molar-refractivity contribution in [1.29, 1.82) is 0 Å². The SMILES string of the molecule is CC(NCc1cn(C(C)(C)C)nn1)c1ccc(F)c(F)c1. The molecule has 1 atom stereocenters. The van der Waals surface area contributed by atoms with E-state index in [9.17, 15) is 8.78 Å². The molecule has 21 heavy (non-hydrogen) atoms. The Bertz CT molecular complexity index is 616. The van der Waals surface area contributed by atoms with Gasteiger partial charge in [0.15, 0.2) is 11.6 Å². The molecule has 6 heteroatoms. The molecular weight excluding hydrogens is 274 g/mol. The van der Waals surface area contributed by atoms with Crippen LogP contribution >= 0.6 is 0 Å². The lowest BCUT2D eigenvalue weighted by Gasteiger charge is -2.17. The normalized spacial score (nSPS) is 13.4. The Labute approximate surface area is 123 Å². The Morgan fingerprint density at radius 3 is 2.52 bits per heavy atom. The summed E-state index contributed by atoms with van der Waals surface area (Å²) in [5.41, 5.74) is 1.38. The molecule has 0 saturated carbocycles. The molecule has 0 fully saturated rings. The number of nitrogens with zero attached hydrogens (tertiary/aromatic N) is 3. The first-order valence-electron chi connectivity index (χ1n) is 6.87. The van der Waals surface area contributed by atoms with Gasteiger partial charge in [-0.2, -0.15) is 0 Å². The first-order chi connectivity index (χ1) is 9.77. The van der Waals surface area contributed by atoms with Gasteiger partial charge in [-0.25, -0.2) is 13.5 Å². The summed E-state index contributed by atoms with van der Waals surface area (Å²) in [5.74, 6) is -1.67. The number of nitrogens with one attached hydrogen (secondary N) is 1. The van der Waals surface area contributed by atoms with Gasteiger partial charge in [-0.1, -0.05) is 11.3 Å². The van der Waals surface area contributed by atoms with E-state index in [4.69, 9.17) is 0 Å². The third kappa shape index (κ3) is 3.85. The number of aromatic nitrogens is 3. The lowest BCUT2D eigenvalue weighted by molar-refractivity contribution is 0.347. The number of rotatable bonds is 4. The van der Waals surface area contributed by atoms with E-state index in [0.29, 0.717) is 12.1 Å². The zero-order valence-corrected chi connectivity index (χ0v) is 12.7. The summed E-state index contributed by atoms with van der Waals surface area (Å²) >= 11 is 0. The average molecular weight is 294 g/mol. The van der Waals surface area contributed by atoms with Crippen LogP contribution in [0.5, 0.6) is 0 Å². The molecule has 1 N–H and O–H groups in total. The molecule has 4 nitrogen and oxygen atoms in total. The summed E-state index contributed by atoms with van der Waals surface area (Å²) in [7, 11) is 0. The maximum absolute atomic E-state index is 13.2. The van der Waals surface area contributed by atoms with Gasteiger partial charge in [-0.3, -0.25) is 0 Å². The molecule has 114 valence electrons. The molecule has 1 aromatic carbocycles. The van der Waals surface area contributed by atoms with Crippen molar-refractivity contribution in [3.8, 4) is 0 Å². The Morgan fingerprint density at radius 1 is 1.24 bits per heavy atom. The molecule has 0 aliphatic rings. The molecule has 1 aromatic heterocycles. The van der Waals surface area contributed by atoms with Gasteiger partial charge in [-0.15, -0.1) is 5.10 Å². The summed E-state index contributed by atoms with van der Waals surface area (Å²) in [5, 5.41) is 11.4. The second kappa shape index (κ2) is 5.89. The van der Waals surface area contributed by atoms with Gasteiger partial charge in [0, 0.05) is 12.6 Å².